The summed E-state index contributed by atoms with van der Waals surface area (Å²) in [6, 6.07) is 35.3. The maximum absolute atomic E-state index is 12.6. The second-order valence-electron chi connectivity index (χ2n) is 12.7. The molecule has 1 aromatic heterocycles. The highest BCUT2D eigenvalue weighted by molar-refractivity contribution is 7.99. The van der Waals surface area contributed by atoms with Crippen LogP contribution in [0.3, 0.4) is 0 Å². The Balaban J connectivity index is 1.12. The molecular weight excluding hydrogens is 679 g/mol. The SMILES string of the molecule is O=C(CCCCCCC(=O)Nc1ccc([C@@H]2O[C@H](CSc3nc(-c4ccccc4)c(-c4ccccc4)o3)C[C@H](c3ccc(CO)cc3)O2)cc1)NO. The molecule has 1 aliphatic heterocycles. The van der Waals surface area contributed by atoms with Crippen LogP contribution in [-0.4, -0.2) is 39.0 Å². The first-order valence-electron chi connectivity index (χ1n) is 17.6. The number of aliphatic hydroxyl groups excluding tert-OH is 1. The van der Waals surface area contributed by atoms with Gasteiger partial charge in [-0.3, -0.25) is 14.8 Å². The van der Waals surface area contributed by atoms with E-state index in [1.54, 1.807) is 5.48 Å². The Morgan fingerprint density at radius 3 is 2.04 bits per heavy atom. The summed E-state index contributed by atoms with van der Waals surface area (Å²) in [5.74, 6) is 0.829. The van der Waals surface area contributed by atoms with Crippen LogP contribution in [0.2, 0.25) is 0 Å². The molecule has 2 heterocycles. The molecule has 0 aliphatic carbocycles. The molecular formula is C41H43N3O7S. The van der Waals surface area contributed by atoms with E-state index in [0.717, 1.165) is 52.1 Å². The molecule has 1 aliphatic rings. The first-order chi connectivity index (χ1) is 25.5. The normalized spacial score (nSPS) is 17.1. The number of aromatic nitrogens is 1. The molecule has 3 atom stereocenters. The molecule has 1 saturated heterocycles. The van der Waals surface area contributed by atoms with Gasteiger partial charge in [0.05, 0.1) is 18.8 Å². The number of rotatable bonds is 16. The third-order valence-electron chi connectivity index (χ3n) is 8.85. The summed E-state index contributed by atoms with van der Waals surface area (Å²) in [4.78, 5) is 28.6. The van der Waals surface area contributed by atoms with Crippen LogP contribution in [0.25, 0.3) is 22.6 Å². The van der Waals surface area contributed by atoms with Gasteiger partial charge in [-0.15, -0.1) is 0 Å². The van der Waals surface area contributed by atoms with Crippen LogP contribution in [0.5, 0.6) is 0 Å². The quantitative estimate of drug-likeness (QED) is 0.0341. The lowest BCUT2D eigenvalue weighted by Crippen LogP contribution is -2.31. The first kappa shape index (κ1) is 37.0. The minimum atomic E-state index is -0.649. The lowest BCUT2D eigenvalue weighted by molar-refractivity contribution is -0.245. The van der Waals surface area contributed by atoms with Crippen molar-refractivity contribution in [2.45, 2.75) is 75.3 Å². The molecule has 0 saturated carbocycles. The van der Waals surface area contributed by atoms with Gasteiger partial charge in [-0.2, -0.15) is 0 Å². The maximum atomic E-state index is 12.6. The predicted octanol–water partition coefficient (Wildman–Crippen LogP) is 8.62. The zero-order valence-electron chi connectivity index (χ0n) is 28.8. The molecule has 0 bridgehead atoms. The molecule has 10 nitrogen and oxygen atoms in total. The van der Waals surface area contributed by atoms with Crippen molar-refractivity contribution in [3.63, 3.8) is 0 Å². The topological polar surface area (TPSA) is 143 Å². The summed E-state index contributed by atoms with van der Waals surface area (Å²) in [6.45, 7) is -0.0305. The van der Waals surface area contributed by atoms with Crippen LogP contribution in [0.1, 0.15) is 74.0 Å². The van der Waals surface area contributed by atoms with Crippen molar-refractivity contribution < 1.29 is 33.8 Å². The van der Waals surface area contributed by atoms with E-state index in [9.17, 15) is 14.7 Å². The van der Waals surface area contributed by atoms with Crippen molar-refractivity contribution in [3.05, 3.63) is 126 Å². The Bertz CT molecular complexity index is 1810. The van der Waals surface area contributed by atoms with Gasteiger partial charge in [0, 0.05) is 47.4 Å². The fraction of sp³-hybridized carbons (Fsp3) is 0.293. The maximum Gasteiger partial charge on any atom is 0.256 e. The third kappa shape index (κ3) is 10.2. The highest BCUT2D eigenvalue weighted by atomic mass is 32.2. The van der Waals surface area contributed by atoms with Gasteiger partial charge >= 0.3 is 0 Å². The fourth-order valence-corrected chi connectivity index (χ4v) is 6.89. The van der Waals surface area contributed by atoms with Crippen molar-refractivity contribution in [3.8, 4) is 22.6 Å². The molecule has 52 heavy (non-hydrogen) atoms. The van der Waals surface area contributed by atoms with Crippen molar-refractivity contribution >= 4 is 29.3 Å². The smallest absolute Gasteiger partial charge is 0.256 e. The number of nitrogens with zero attached hydrogens (tertiary/aromatic N) is 1. The van der Waals surface area contributed by atoms with Crippen molar-refractivity contribution in [2.75, 3.05) is 11.1 Å². The lowest BCUT2D eigenvalue weighted by atomic mass is 10.0. The molecule has 4 aromatic carbocycles. The molecule has 4 N–H and O–H groups in total. The Morgan fingerprint density at radius 2 is 1.38 bits per heavy atom. The number of ether oxygens (including phenoxy) is 2. The summed E-state index contributed by atoms with van der Waals surface area (Å²) < 4.78 is 19.4. The number of aliphatic hydroxyl groups is 1. The van der Waals surface area contributed by atoms with Crippen LogP contribution in [0.4, 0.5) is 5.69 Å². The summed E-state index contributed by atoms with van der Waals surface area (Å²) in [7, 11) is 0. The number of hydroxylamine groups is 1. The van der Waals surface area contributed by atoms with Crippen molar-refractivity contribution in [1.82, 2.24) is 10.5 Å². The standard InChI is InChI=1S/C41H43N3O7S/c45-26-28-17-19-29(20-18-28)35-25-34(27-52-41-43-38(30-11-5-3-6-12-30)39(51-41)31-13-7-4-8-14-31)49-40(50-35)32-21-23-33(24-22-32)42-36(46)15-9-1-2-10-16-37(47)44-48/h3-8,11-14,17-24,34-35,40,45,48H,1-2,9-10,15-16,25-27H2,(H,42,46)(H,44,47)/t34-,35+,40+/m0/s1. The van der Waals surface area contributed by atoms with Crippen LogP contribution in [0, 0.1) is 0 Å². The van der Waals surface area contributed by atoms with E-state index in [4.69, 9.17) is 24.1 Å². The number of anilines is 1. The van der Waals surface area contributed by atoms with E-state index in [-0.39, 0.29) is 31.1 Å². The van der Waals surface area contributed by atoms with Gasteiger partial charge in [0.25, 0.3) is 5.22 Å². The van der Waals surface area contributed by atoms with Gasteiger partial charge in [0.1, 0.15) is 5.69 Å². The molecule has 270 valence electrons. The molecule has 6 rings (SSSR count). The Labute approximate surface area is 307 Å². The van der Waals surface area contributed by atoms with E-state index in [1.807, 2.05) is 109 Å². The number of oxazole rings is 1. The number of hydrogen-bond donors (Lipinski definition) is 4. The molecule has 1 fully saturated rings. The van der Waals surface area contributed by atoms with E-state index >= 15 is 0 Å². The van der Waals surface area contributed by atoms with E-state index in [0.29, 0.717) is 42.3 Å². The molecule has 0 unspecified atom stereocenters. The zero-order chi connectivity index (χ0) is 36.1. The fourth-order valence-electron chi connectivity index (χ4n) is 6.05. The number of benzene rings is 4. The van der Waals surface area contributed by atoms with Gasteiger partial charge < -0.3 is 24.3 Å². The summed E-state index contributed by atoms with van der Waals surface area (Å²) in [6.07, 6.45) is 3.17. The van der Waals surface area contributed by atoms with Crippen LogP contribution in [-0.2, 0) is 25.7 Å². The van der Waals surface area contributed by atoms with Gasteiger partial charge in [-0.05, 0) is 36.1 Å². The molecule has 11 heteroatoms. The summed E-state index contributed by atoms with van der Waals surface area (Å²) >= 11 is 1.51. The third-order valence-corrected chi connectivity index (χ3v) is 9.81. The number of carbonyl (C=O) groups excluding carboxylic acids is 2. The second kappa shape index (κ2) is 18.6. The van der Waals surface area contributed by atoms with Gasteiger partial charge in [0.15, 0.2) is 12.1 Å². The van der Waals surface area contributed by atoms with E-state index in [2.05, 4.69) is 5.32 Å². The summed E-state index contributed by atoms with van der Waals surface area (Å²) in [5, 5.41) is 21.7. The Kier molecular flexibility index (Phi) is 13.3. The van der Waals surface area contributed by atoms with E-state index < -0.39 is 12.2 Å². The monoisotopic (exact) mass is 721 g/mol. The highest BCUT2D eigenvalue weighted by Crippen LogP contribution is 2.41. The van der Waals surface area contributed by atoms with Gasteiger partial charge in [-0.1, -0.05) is 122 Å². The predicted molar refractivity (Wildman–Crippen MR) is 199 cm³/mol. The second-order valence-corrected chi connectivity index (χ2v) is 13.6. The van der Waals surface area contributed by atoms with Gasteiger partial charge in [-0.25, -0.2) is 10.5 Å². The minimum absolute atomic E-state index is 0.0305. The zero-order valence-corrected chi connectivity index (χ0v) is 29.6. The van der Waals surface area contributed by atoms with E-state index in [1.165, 1.54) is 11.8 Å². The largest absolute Gasteiger partial charge is 0.431 e. The van der Waals surface area contributed by atoms with Crippen molar-refractivity contribution in [1.29, 1.82) is 0 Å². The van der Waals surface area contributed by atoms with Crippen LogP contribution in [0.15, 0.2) is 119 Å². The molecule has 2 amide bonds. The number of hydrogen-bond acceptors (Lipinski definition) is 9. The number of amides is 2. The summed E-state index contributed by atoms with van der Waals surface area (Å²) in [5.41, 5.74) is 7.69. The average molecular weight is 722 g/mol. The molecule has 5 aromatic rings. The Hall–Kier alpha value is -4.78. The number of thioether (sulfide) groups is 1. The Morgan fingerprint density at radius 1 is 0.750 bits per heavy atom. The number of carbonyl (C=O) groups is 2. The number of nitrogens with one attached hydrogen (secondary N) is 2. The van der Waals surface area contributed by atoms with Crippen LogP contribution >= 0.6 is 11.8 Å². The molecule has 0 radical (unpaired) electrons. The number of unbranched alkanes of at least 4 members (excludes halogenated alkanes) is 3. The minimum Gasteiger partial charge on any atom is -0.431 e. The average Bonchev–Trinajstić information content (AvgIpc) is 3.63. The lowest BCUT2D eigenvalue weighted by Gasteiger charge is -2.36. The highest BCUT2D eigenvalue weighted by Gasteiger charge is 2.33. The van der Waals surface area contributed by atoms with Gasteiger partial charge in [0.2, 0.25) is 11.8 Å². The van der Waals surface area contributed by atoms with Crippen LogP contribution < -0.4 is 10.8 Å². The van der Waals surface area contributed by atoms with Crippen molar-refractivity contribution in [2.24, 2.45) is 0 Å². The molecule has 0 spiro atoms. The first-order valence-corrected chi connectivity index (χ1v) is 18.6.